The summed E-state index contributed by atoms with van der Waals surface area (Å²) in [7, 11) is 4.57. The quantitative estimate of drug-likeness (QED) is 0.434. The predicted molar refractivity (Wildman–Crippen MR) is 126 cm³/mol. The van der Waals surface area contributed by atoms with Crippen LogP contribution in [0.5, 0.6) is 17.2 Å². The van der Waals surface area contributed by atoms with E-state index < -0.39 is 0 Å². The molecule has 0 aliphatic rings. The largest absolute Gasteiger partial charge is 0.496 e. The second-order valence-electron chi connectivity index (χ2n) is 7.24. The highest BCUT2D eigenvalue weighted by Crippen LogP contribution is 2.34. The third kappa shape index (κ3) is 4.67. The zero-order valence-corrected chi connectivity index (χ0v) is 18.7. The van der Waals surface area contributed by atoms with E-state index in [0.29, 0.717) is 22.8 Å². The van der Waals surface area contributed by atoms with Gasteiger partial charge >= 0.3 is 0 Å². The van der Waals surface area contributed by atoms with Gasteiger partial charge in [-0.15, -0.1) is 0 Å². The Morgan fingerprint density at radius 2 is 1.45 bits per heavy atom. The molecule has 4 aromatic rings. The molecule has 7 heteroatoms. The molecule has 7 nitrogen and oxygen atoms in total. The first-order valence-corrected chi connectivity index (χ1v) is 10.4. The lowest BCUT2D eigenvalue weighted by atomic mass is 10.1. The van der Waals surface area contributed by atoms with Crippen LogP contribution in [0.1, 0.15) is 15.9 Å². The minimum Gasteiger partial charge on any atom is -0.496 e. The van der Waals surface area contributed by atoms with Crippen molar-refractivity contribution in [3.05, 3.63) is 90.1 Å². The number of benzene rings is 3. The highest BCUT2D eigenvalue weighted by molar-refractivity contribution is 5.97. The van der Waals surface area contributed by atoms with Gasteiger partial charge in [0.25, 0.3) is 5.91 Å². The van der Waals surface area contributed by atoms with Crippen LogP contribution in [-0.2, 0) is 6.54 Å². The zero-order valence-electron chi connectivity index (χ0n) is 18.7. The molecule has 33 heavy (non-hydrogen) atoms. The van der Waals surface area contributed by atoms with Gasteiger partial charge in [0.05, 0.1) is 38.3 Å². The maximum absolute atomic E-state index is 13.1. The number of amides is 1. The molecule has 0 radical (unpaired) electrons. The first-order chi connectivity index (χ1) is 16.1. The zero-order chi connectivity index (χ0) is 23.2. The smallest absolute Gasteiger partial charge is 0.255 e. The van der Waals surface area contributed by atoms with Crippen LogP contribution in [0.15, 0.2) is 79.0 Å². The Kier molecular flexibility index (Phi) is 6.59. The van der Waals surface area contributed by atoms with Crippen LogP contribution < -0.4 is 19.5 Å². The fraction of sp³-hybridized carbons (Fsp3) is 0.154. The van der Waals surface area contributed by atoms with Crippen LogP contribution in [0, 0.1) is 0 Å². The lowest BCUT2D eigenvalue weighted by molar-refractivity contribution is 0.0947. The van der Waals surface area contributed by atoms with Crippen molar-refractivity contribution in [3.8, 4) is 34.2 Å². The van der Waals surface area contributed by atoms with Crippen molar-refractivity contribution in [2.24, 2.45) is 0 Å². The average molecular weight is 444 g/mol. The van der Waals surface area contributed by atoms with Crippen LogP contribution in [-0.4, -0.2) is 37.0 Å². The Labute approximate surface area is 192 Å². The van der Waals surface area contributed by atoms with E-state index in [2.05, 4.69) is 5.32 Å². The standard InChI is InChI=1S/C26H25N3O4/c1-31-22-15-24(33-3)23(32-2)14-21(22)26(30)27-16-19-17-29(20-12-8-5-9-13-20)28-25(19)18-10-6-4-7-11-18/h4-15,17H,16H2,1-3H3,(H,27,30). The summed E-state index contributed by atoms with van der Waals surface area (Å²) in [6.45, 7) is 0.285. The summed E-state index contributed by atoms with van der Waals surface area (Å²) in [5, 5.41) is 7.77. The molecule has 0 saturated heterocycles. The fourth-order valence-corrected chi connectivity index (χ4v) is 3.57. The Hall–Kier alpha value is -4.26. The predicted octanol–water partition coefficient (Wildman–Crippen LogP) is 4.50. The molecule has 168 valence electrons. The molecular formula is C26H25N3O4. The van der Waals surface area contributed by atoms with Gasteiger partial charge < -0.3 is 19.5 Å². The Bertz CT molecular complexity index is 1240. The topological polar surface area (TPSA) is 74.6 Å². The van der Waals surface area contributed by atoms with E-state index in [-0.39, 0.29) is 12.5 Å². The highest BCUT2D eigenvalue weighted by atomic mass is 16.5. The Morgan fingerprint density at radius 1 is 0.848 bits per heavy atom. The average Bonchev–Trinajstić information content (AvgIpc) is 3.31. The van der Waals surface area contributed by atoms with Crippen LogP contribution in [0.2, 0.25) is 0 Å². The van der Waals surface area contributed by atoms with Gasteiger partial charge in [-0.25, -0.2) is 4.68 Å². The summed E-state index contributed by atoms with van der Waals surface area (Å²) in [4.78, 5) is 13.1. The van der Waals surface area contributed by atoms with E-state index in [1.807, 2.05) is 71.5 Å². The summed E-state index contributed by atoms with van der Waals surface area (Å²) in [6.07, 6.45) is 1.93. The molecule has 1 aromatic heterocycles. The molecule has 0 aliphatic carbocycles. The Balaban J connectivity index is 1.64. The molecule has 0 spiro atoms. The molecule has 1 amide bonds. The second-order valence-corrected chi connectivity index (χ2v) is 7.24. The van der Waals surface area contributed by atoms with Crippen molar-refractivity contribution in [2.75, 3.05) is 21.3 Å². The number of nitrogens with one attached hydrogen (secondary N) is 1. The molecule has 0 aliphatic heterocycles. The van der Waals surface area contributed by atoms with Gasteiger partial charge in [-0.3, -0.25) is 4.79 Å². The number of aromatic nitrogens is 2. The van der Waals surface area contributed by atoms with E-state index in [4.69, 9.17) is 19.3 Å². The normalized spacial score (nSPS) is 10.5. The van der Waals surface area contributed by atoms with Gasteiger partial charge in [-0.05, 0) is 12.1 Å². The van der Waals surface area contributed by atoms with Gasteiger partial charge in [0.2, 0.25) is 0 Å². The molecule has 0 bridgehead atoms. The Morgan fingerprint density at radius 3 is 2.09 bits per heavy atom. The maximum atomic E-state index is 13.1. The molecule has 0 atom stereocenters. The molecule has 1 heterocycles. The SMILES string of the molecule is COc1cc(OC)c(C(=O)NCc2cn(-c3ccccc3)nc2-c2ccccc2)cc1OC. The summed E-state index contributed by atoms with van der Waals surface area (Å²) in [6, 6.07) is 23.0. The molecular weight excluding hydrogens is 418 g/mol. The monoisotopic (exact) mass is 443 g/mol. The minimum absolute atomic E-state index is 0.285. The number of hydrogen-bond donors (Lipinski definition) is 1. The van der Waals surface area contributed by atoms with E-state index in [1.165, 1.54) is 21.3 Å². The van der Waals surface area contributed by atoms with E-state index >= 15 is 0 Å². The number of rotatable bonds is 8. The highest BCUT2D eigenvalue weighted by Gasteiger charge is 2.19. The summed E-state index contributed by atoms with van der Waals surface area (Å²) >= 11 is 0. The summed E-state index contributed by atoms with van der Waals surface area (Å²) in [5.74, 6) is 1.04. The van der Waals surface area contributed by atoms with Gasteiger partial charge in [0.15, 0.2) is 11.5 Å². The molecule has 0 unspecified atom stereocenters. The summed E-state index contributed by atoms with van der Waals surface area (Å²) in [5.41, 5.74) is 3.96. The molecule has 4 rings (SSSR count). The number of para-hydroxylation sites is 1. The number of nitrogens with zero attached hydrogens (tertiary/aromatic N) is 2. The second kappa shape index (κ2) is 9.91. The molecule has 0 saturated carbocycles. The van der Waals surface area contributed by atoms with Gasteiger partial charge in [-0.2, -0.15) is 5.10 Å². The number of carbonyl (C=O) groups is 1. The number of carbonyl (C=O) groups excluding carboxylic acids is 1. The van der Waals surface area contributed by atoms with Crippen molar-refractivity contribution < 1.29 is 19.0 Å². The van der Waals surface area contributed by atoms with Gasteiger partial charge in [-0.1, -0.05) is 48.5 Å². The summed E-state index contributed by atoms with van der Waals surface area (Å²) < 4.78 is 17.9. The van der Waals surface area contributed by atoms with Crippen molar-refractivity contribution in [2.45, 2.75) is 6.54 Å². The molecule has 3 aromatic carbocycles. The van der Waals surface area contributed by atoms with E-state index in [9.17, 15) is 4.79 Å². The van der Waals surface area contributed by atoms with Crippen LogP contribution >= 0.6 is 0 Å². The van der Waals surface area contributed by atoms with Gasteiger partial charge in [0, 0.05) is 36.0 Å². The molecule has 0 fully saturated rings. The van der Waals surface area contributed by atoms with Crippen LogP contribution in [0.4, 0.5) is 0 Å². The first kappa shape index (κ1) is 22.0. The van der Waals surface area contributed by atoms with Crippen LogP contribution in [0.25, 0.3) is 16.9 Å². The van der Waals surface area contributed by atoms with Gasteiger partial charge in [0.1, 0.15) is 5.75 Å². The number of hydrogen-bond acceptors (Lipinski definition) is 5. The minimum atomic E-state index is -0.292. The third-order valence-electron chi connectivity index (χ3n) is 5.25. The van der Waals surface area contributed by atoms with Crippen molar-refractivity contribution in [1.82, 2.24) is 15.1 Å². The fourth-order valence-electron chi connectivity index (χ4n) is 3.57. The third-order valence-corrected chi connectivity index (χ3v) is 5.25. The van der Waals surface area contributed by atoms with Crippen LogP contribution in [0.3, 0.4) is 0 Å². The number of methoxy groups -OCH3 is 3. The lowest BCUT2D eigenvalue weighted by Crippen LogP contribution is -2.23. The van der Waals surface area contributed by atoms with E-state index in [0.717, 1.165) is 22.5 Å². The lowest BCUT2D eigenvalue weighted by Gasteiger charge is -2.14. The maximum Gasteiger partial charge on any atom is 0.255 e. The molecule has 1 N–H and O–H groups in total. The first-order valence-electron chi connectivity index (χ1n) is 10.4. The number of ether oxygens (including phenoxy) is 3. The van der Waals surface area contributed by atoms with Crippen molar-refractivity contribution in [1.29, 1.82) is 0 Å². The van der Waals surface area contributed by atoms with E-state index in [1.54, 1.807) is 12.1 Å². The van der Waals surface area contributed by atoms with Crippen molar-refractivity contribution >= 4 is 5.91 Å². The van der Waals surface area contributed by atoms with Crippen molar-refractivity contribution in [3.63, 3.8) is 0 Å².